The minimum atomic E-state index is -0.841. The summed E-state index contributed by atoms with van der Waals surface area (Å²) in [4.78, 5) is 38.6. The number of urea groups is 1. The summed E-state index contributed by atoms with van der Waals surface area (Å²) in [6.45, 7) is 2.83. The van der Waals surface area contributed by atoms with Gasteiger partial charge in [0.05, 0.1) is 34.3 Å². The van der Waals surface area contributed by atoms with Crippen molar-refractivity contribution in [3.05, 3.63) is 42.0 Å². The summed E-state index contributed by atoms with van der Waals surface area (Å²) in [5, 5.41) is 5.45. The van der Waals surface area contributed by atoms with Gasteiger partial charge in [-0.3, -0.25) is 14.5 Å². The number of nitrogens with one attached hydrogen (secondary N) is 2. The number of carbonyl (C=O) groups is 3. The van der Waals surface area contributed by atoms with E-state index in [2.05, 4.69) is 17.6 Å². The number of amides is 4. The topological polar surface area (TPSA) is 106 Å². The highest BCUT2D eigenvalue weighted by Crippen LogP contribution is 2.41. The van der Waals surface area contributed by atoms with E-state index in [0.29, 0.717) is 23.8 Å². The molecule has 0 aromatic heterocycles. The van der Waals surface area contributed by atoms with E-state index in [9.17, 15) is 14.4 Å². The zero-order valence-electron chi connectivity index (χ0n) is 21.4. The quantitative estimate of drug-likeness (QED) is 0.321. The Labute approximate surface area is 212 Å². The Hall–Kier alpha value is -3.75. The fraction of sp³-hybridized carbons (Fsp3) is 0.444. The fourth-order valence-electron chi connectivity index (χ4n) is 4.14. The van der Waals surface area contributed by atoms with Gasteiger partial charge in [-0.05, 0) is 35.2 Å². The van der Waals surface area contributed by atoms with E-state index in [1.807, 2.05) is 36.4 Å². The van der Waals surface area contributed by atoms with E-state index in [1.54, 1.807) is 21.3 Å². The Morgan fingerprint density at radius 3 is 2.19 bits per heavy atom. The second-order valence-corrected chi connectivity index (χ2v) is 8.65. The standard InChI is InChI=1S/C27H35N3O6/c1-5-6-7-8-13-28-24(31)16-21-26(32)30(27(33)29-21)17-18-9-11-19(12-10-18)20-14-22(34-2)25(36-4)23(15-20)35-3/h9-12,14-15,21H,5-8,13,16-17H2,1-4H3,(H,28,31)(H,29,33). The zero-order valence-corrected chi connectivity index (χ0v) is 21.4. The van der Waals surface area contributed by atoms with E-state index in [0.717, 1.165) is 47.3 Å². The molecule has 0 aliphatic carbocycles. The number of rotatable bonds is 13. The molecule has 2 aromatic rings. The second kappa shape index (κ2) is 12.8. The third-order valence-electron chi connectivity index (χ3n) is 6.14. The molecule has 0 radical (unpaired) electrons. The van der Waals surface area contributed by atoms with Crippen LogP contribution >= 0.6 is 0 Å². The van der Waals surface area contributed by atoms with Gasteiger partial charge in [0.2, 0.25) is 11.7 Å². The molecule has 194 valence electrons. The van der Waals surface area contributed by atoms with Crippen LogP contribution in [0.4, 0.5) is 4.79 Å². The summed E-state index contributed by atoms with van der Waals surface area (Å²) in [6.07, 6.45) is 4.16. The van der Waals surface area contributed by atoms with Crippen LogP contribution in [0.1, 0.15) is 44.6 Å². The van der Waals surface area contributed by atoms with Crippen molar-refractivity contribution in [2.24, 2.45) is 0 Å². The van der Waals surface area contributed by atoms with Crippen LogP contribution < -0.4 is 24.8 Å². The maximum absolute atomic E-state index is 12.8. The molecule has 36 heavy (non-hydrogen) atoms. The third-order valence-corrected chi connectivity index (χ3v) is 6.14. The average molecular weight is 498 g/mol. The average Bonchev–Trinajstić information content (AvgIpc) is 3.15. The van der Waals surface area contributed by atoms with Gasteiger partial charge in [0.25, 0.3) is 5.91 Å². The van der Waals surface area contributed by atoms with Gasteiger partial charge in [0.1, 0.15) is 6.04 Å². The molecule has 4 amide bonds. The van der Waals surface area contributed by atoms with Crippen LogP contribution in [0.25, 0.3) is 11.1 Å². The van der Waals surface area contributed by atoms with E-state index in [4.69, 9.17) is 14.2 Å². The van der Waals surface area contributed by atoms with E-state index >= 15 is 0 Å². The molecule has 2 aromatic carbocycles. The highest BCUT2D eigenvalue weighted by Gasteiger charge is 2.38. The van der Waals surface area contributed by atoms with Crippen LogP contribution in [0.2, 0.25) is 0 Å². The Kier molecular flexibility index (Phi) is 9.55. The molecule has 1 aliphatic heterocycles. The van der Waals surface area contributed by atoms with Gasteiger partial charge < -0.3 is 24.8 Å². The maximum Gasteiger partial charge on any atom is 0.325 e. The third kappa shape index (κ3) is 6.47. The minimum absolute atomic E-state index is 0.0606. The first-order valence-electron chi connectivity index (χ1n) is 12.2. The Morgan fingerprint density at radius 1 is 0.944 bits per heavy atom. The Morgan fingerprint density at radius 2 is 1.61 bits per heavy atom. The molecule has 1 aliphatic rings. The van der Waals surface area contributed by atoms with Crippen molar-refractivity contribution in [1.82, 2.24) is 15.5 Å². The lowest BCUT2D eigenvalue weighted by atomic mass is 10.0. The van der Waals surface area contributed by atoms with Crippen molar-refractivity contribution >= 4 is 17.8 Å². The van der Waals surface area contributed by atoms with Gasteiger partial charge in [-0.1, -0.05) is 50.5 Å². The summed E-state index contributed by atoms with van der Waals surface area (Å²) in [7, 11) is 4.68. The minimum Gasteiger partial charge on any atom is -0.493 e. The van der Waals surface area contributed by atoms with Gasteiger partial charge in [-0.15, -0.1) is 0 Å². The van der Waals surface area contributed by atoms with Crippen LogP contribution in [-0.4, -0.2) is 56.7 Å². The van der Waals surface area contributed by atoms with Crippen molar-refractivity contribution in [3.63, 3.8) is 0 Å². The van der Waals surface area contributed by atoms with Crippen molar-refractivity contribution in [2.75, 3.05) is 27.9 Å². The smallest absolute Gasteiger partial charge is 0.325 e. The molecule has 1 saturated heterocycles. The lowest BCUT2D eigenvalue weighted by Crippen LogP contribution is -2.36. The molecule has 9 nitrogen and oxygen atoms in total. The van der Waals surface area contributed by atoms with Crippen LogP contribution in [0.5, 0.6) is 17.2 Å². The fourth-order valence-corrected chi connectivity index (χ4v) is 4.14. The molecule has 3 rings (SSSR count). The Balaban J connectivity index is 1.62. The lowest BCUT2D eigenvalue weighted by Gasteiger charge is -2.15. The van der Waals surface area contributed by atoms with Gasteiger partial charge in [0, 0.05) is 6.54 Å². The first kappa shape index (κ1) is 26.8. The highest BCUT2D eigenvalue weighted by atomic mass is 16.5. The van der Waals surface area contributed by atoms with Gasteiger partial charge in [-0.25, -0.2) is 4.79 Å². The highest BCUT2D eigenvalue weighted by molar-refractivity contribution is 6.05. The zero-order chi connectivity index (χ0) is 26.1. The first-order chi connectivity index (χ1) is 17.4. The second-order valence-electron chi connectivity index (χ2n) is 8.65. The molecule has 0 saturated carbocycles. The number of unbranched alkanes of at least 4 members (excludes halogenated alkanes) is 3. The molecule has 9 heteroatoms. The normalized spacial score (nSPS) is 15.0. The maximum atomic E-state index is 12.8. The molecule has 1 atom stereocenters. The van der Waals surface area contributed by atoms with Crippen LogP contribution in [0.3, 0.4) is 0 Å². The number of ether oxygens (including phenoxy) is 3. The van der Waals surface area contributed by atoms with Crippen LogP contribution in [0.15, 0.2) is 36.4 Å². The molecule has 1 fully saturated rings. The van der Waals surface area contributed by atoms with Crippen molar-refractivity contribution in [3.8, 4) is 28.4 Å². The molecule has 0 bridgehead atoms. The molecule has 2 N–H and O–H groups in total. The SMILES string of the molecule is CCCCCCNC(=O)CC1NC(=O)N(Cc2ccc(-c3cc(OC)c(OC)c(OC)c3)cc2)C1=O. The van der Waals surface area contributed by atoms with E-state index in [-0.39, 0.29) is 18.9 Å². The molecule has 1 unspecified atom stereocenters. The molecular weight excluding hydrogens is 462 g/mol. The lowest BCUT2D eigenvalue weighted by molar-refractivity contribution is -0.131. The number of hydrogen-bond acceptors (Lipinski definition) is 6. The van der Waals surface area contributed by atoms with E-state index in [1.165, 1.54) is 0 Å². The predicted octanol–water partition coefficient (Wildman–Crippen LogP) is 3.89. The Bertz CT molecular complexity index is 1040. The van der Waals surface area contributed by atoms with Crippen LogP contribution in [-0.2, 0) is 16.1 Å². The number of benzene rings is 2. The predicted molar refractivity (Wildman–Crippen MR) is 136 cm³/mol. The summed E-state index contributed by atoms with van der Waals surface area (Å²) in [5.74, 6) is 0.979. The largest absolute Gasteiger partial charge is 0.493 e. The summed E-state index contributed by atoms with van der Waals surface area (Å²) in [5.41, 5.74) is 2.56. The number of hydrogen-bond donors (Lipinski definition) is 2. The number of imide groups is 1. The number of methoxy groups -OCH3 is 3. The van der Waals surface area contributed by atoms with Crippen molar-refractivity contribution in [2.45, 2.75) is 51.6 Å². The molecular formula is C27H35N3O6. The number of nitrogens with zero attached hydrogens (tertiary/aromatic N) is 1. The van der Waals surface area contributed by atoms with Crippen molar-refractivity contribution < 1.29 is 28.6 Å². The van der Waals surface area contributed by atoms with Crippen LogP contribution in [0, 0.1) is 0 Å². The summed E-state index contributed by atoms with van der Waals surface area (Å²) < 4.78 is 16.2. The first-order valence-corrected chi connectivity index (χ1v) is 12.2. The van der Waals surface area contributed by atoms with Gasteiger partial charge >= 0.3 is 6.03 Å². The summed E-state index contributed by atoms with van der Waals surface area (Å²) >= 11 is 0. The summed E-state index contributed by atoms with van der Waals surface area (Å²) in [6, 6.07) is 9.89. The molecule has 1 heterocycles. The molecule has 0 spiro atoms. The number of carbonyl (C=O) groups excluding carboxylic acids is 3. The van der Waals surface area contributed by atoms with Gasteiger partial charge in [0.15, 0.2) is 11.5 Å². The van der Waals surface area contributed by atoms with Gasteiger partial charge in [-0.2, -0.15) is 0 Å². The monoisotopic (exact) mass is 497 g/mol. The van der Waals surface area contributed by atoms with E-state index < -0.39 is 18.0 Å². The van der Waals surface area contributed by atoms with Crippen molar-refractivity contribution in [1.29, 1.82) is 0 Å².